The molecule has 1 aliphatic rings. The number of nitrogens with zero attached hydrogens (tertiary/aromatic N) is 1. The second-order valence-corrected chi connectivity index (χ2v) is 6.17. The molecule has 3 aromatic rings. The molecule has 1 unspecified atom stereocenters. The topological polar surface area (TPSA) is 51.9 Å². The van der Waals surface area contributed by atoms with Gasteiger partial charge in [-0.15, -0.1) is 0 Å². The molecule has 1 atom stereocenters. The summed E-state index contributed by atoms with van der Waals surface area (Å²) in [5.41, 5.74) is 2.83. The van der Waals surface area contributed by atoms with Gasteiger partial charge >= 0.3 is 6.09 Å². The van der Waals surface area contributed by atoms with Crippen molar-refractivity contribution in [2.45, 2.75) is 12.5 Å². The quantitative estimate of drug-likeness (QED) is 0.706. The number of benzene rings is 2. The van der Waals surface area contributed by atoms with Crippen LogP contribution in [0.5, 0.6) is 0 Å². The fourth-order valence-corrected chi connectivity index (χ4v) is 3.14. The van der Waals surface area contributed by atoms with Gasteiger partial charge in [-0.05, 0) is 29.8 Å². The van der Waals surface area contributed by atoms with Crippen molar-refractivity contribution in [3.63, 3.8) is 0 Å². The monoisotopic (exact) mass is 337 g/mol. The standard InChI is InChI=1S/C20H19NO4/c1-23-13-18-12-21(20(22)25-18)16-7-8-19-15(10-16)11-17(24-19)9-14-5-3-2-4-6-14/h2-8,10-11,18H,9,12-13H2,1H3. The lowest BCUT2D eigenvalue weighted by Gasteiger charge is -2.12. The van der Waals surface area contributed by atoms with E-state index in [1.807, 2.05) is 42.5 Å². The second kappa shape index (κ2) is 6.61. The maximum Gasteiger partial charge on any atom is 0.414 e. The first-order chi connectivity index (χ1) is 12.2. The molecular weight excluding hydrogens is 318 g/mol. The number of carbonyl (C=O) groups excluding carboxylic acids is 1. The maximum absolute atomic E-state index is 12.1. The predicted molar refractivity (Wildman–Crippen MR) is 95.0 cm³/mol. The third kappa shape index (κ3) is 3.23. The predicted octanol–water partition coefficient (Wildman–Crippen LogP) is 4.00. The van der Waals surface area contributed by atoms with E-state index in [9.17, 15) is 4.79 Å². The smallest absolute Gasteiger partial charge is 0.414 e. The molecule has 128 valence electrons. The summed E-state index contributed by atoms with van der Waals surface area (Å²) >= 11 is 0. The second-order valence-electron chi connectivity index (χ2n) is 6.17. The van der Waals surface area contributed by atoms with E-state index in [0.717, 1.165) is 28.8 Å². The zero-order chi connectivity index (χ0) is 17.2. The number of methoxy groups -OCH3 is 1. The molecular formula is C20H19NO4. The number of hydrogen-bond acceptors (Lipinski definition) is 4. The van der Waals surface area contributed by atoms with E-state index in [-0.39, 0.29) is 12.2 Å². The first-order valence-electron chi connectivity index (χ1n) is 8.26. The highest BCUT2D eigenvalue weighted by atomic mass is 16.6. The minimum atomic E-state index is -0.339. The van der Waals surface area contributed by atoms with Gasteiger partial charge in [-0.25, -0.2) is 4.79 Å². The number of rotatable bonds is 5. The van der Waals surface area contributed by atoms with Gasteiger partial charge in [0.15, 0.2) is 0 Å². The van der Waals surface area contributed by atoms with Crippen LogP contribution >= 0.6 is 0 Å². The molecule has 0 radical (unpaired) electrons. The van der Waals surface area contributed by atoms with Crippen LogP contribution in [0.1, 0.15) is 11.3 Å². The molecule has 0 spiro atoms. The molecule has 0 N–H and O–H groups in total. The Hall–Kier alpha value is -2.79. The molecule has 2 heterocycles. The molecule has 1 saturated heterocycles. The van der Waals surface area contributed by atoms with Crippen LogP contribution in [0.2, 0.25) is 0 Å². The fraction of sp³-hybridized carbons (Fsp3) is 0.250. The molecule has 0 aliphatic carbocycles. The fourth-order valence-electron chi connectivity index (χ4n) is 3.14. The van der Waals surface area contributed by atoms with Crippen molar-refractivity contribution in [1.29, 1.82) is 0 Å². The molecule has 1 fully saturated rings. The molecule has 1 aliphatic heterocycles. The first-order valence-corrected chi connectivity index (χ1v) is 8.26. The zero-order valence-electron chi connectivity index (χ0n) is 14.0. The van der Waals surface area contributed by atoms with Gasteiger partial charge in [0, 0.05) is 24.6 Å². The van der Waals surface area contributed by atoms with Gasteiger partial charge in [0.05, 0.1) is 13.2 Å². The Morgan fingerprint density at radius 2 is 2.00 bits per heavy atom. The number of carbonyl (C=O) groups is 1. The minimum Gasteiger partial charge on any atom is -0.461 e. The summed E-state index contributed by atoms with van der Waals surface area (Å²) in [6, 6.07) is 18.0. The van der Waals surface area contributed by atoms with Crippen LogP contribution in [0.4, 0.5) is 10.5 Å². The summed E-state index contributed by atoms with van der Waals surface area (Å²) in [7, 11) is 1.60. The highest BCUT2D eigenvalue weighted by Crippen LogP contribution is 2.28. The van der Waals surface area contributed by atoms with E-state index in [1.54, 1.807) is 12.0 Å². The Morgan fingerprint density at radius 1 is 1.16 bits per heavy atom. The van der Waals surface area contributed by atoms with Gasteiger partial charge in [0.25, 0.3) is 0 Å². The highest BCUT2D eigenvalue weighted by Gasteiger charge is 2.32. The lowest BCUT2D eigenvalue weighted by Crippen LogP contribution is -2.25. The van der Waals surface area contributed by atoms with Crippen molar-refractivity contribution in [2.24, 2.45) is 0 Å². The van der Waals surface area contributed by atoms with Gasteiger partial charge in [-0.1, -0.05) is 30.3 Å². The number of hydrogen-bond donors (Lipinski definition) is 0. The molecule has 2 aromatic carbocycles. The van der Waals surface area contributed by atoms with Crippen molar-refractivity contribution in [3.8, 4) is 0 Å². The average Bonchev–Trinajstić information content (AvgIpc) is 3.18. The Labute approximate surface area is 145 Å². The maximum atomic E-state index is 12.1. The number of ether oxygens (including phenoxy) is 2. The van der Waals surface area contributed by atoms with E-state index in [0.29, 0.717) is 13.2 Å². The van der Waals surface area contributed by atoms with Crippen molar-refractivity contribution >= 4 is 22.7 Å². The van der Waals surface area contributed by atoms with Crippen molar-refractivity contribution < 1.29 is 18.7 Å². The third-order valence-corrected chi connectivity index (χ3v) is 4.31. The number of anilines is 1. The number of amides is 1. The van der Waals surface area contributed by atoms with Crippen LogP contribution in [0.25, 0.3) is 11.0 Å². The summed E-state index contributed by atoms with van der Waals surface area (Å²) < 4.78 is 16.3. The van der Waals surface area contributed by atoms with Crippen LogP contribution in [0, 0.1) is 0 Å². The molecule has 4 rings (SSSR count). The lowest BCUT2D eigenvalue weighted by atomic mass is 10.1. The van der Waals surface area contributed by atoms with E-state index in [4.69, 9.17) is 13.9 Å². The van der Waals surface area contributed by atoms with Crippen LogP contribution in [0.15, 0.2) is 59.0 Å². The normalized spacial score (nSPS) is 17.2. The van der Waals surface area contributed by atoms with Gasteiger partial charge in [0.1, 0.15) is 17.4 Å². The van der Waals surface area contributed by atoms with Gasteiger partial charge < -0.3 is 13.9 Å². The van der Waals surface area contributed by atoms with Crippen molar-refractivity contribution in [3.05, 3.63) is 65.9 Å². The summed E-state index contributed by atoms with van der Waals surface area (Å²) in [5, 5.41) is 0.978. The summed E-state index contributed by atoms with van der Waals surface area (Å²) in [4.78, 5) is 13.7. The van der Waals surface area contributed by atoms with Gasteiger partial charge in [-0.2, -0.15) is 0 Å². The van der Waals surface area contributed by atoms with E-state index in [1.165, 1.54) is 5.56 Å². The lowest BCUT2D eigenvalue weighted by molar-refractivity contribution is 0.0718. The molecule has 0 saturated carbocycles. The number of cyclic esters (lactones) is 1. The molecule has 25 heavy (non-hydrogen) atoms. The van der Waals surface area contributed by atoms with Crippen LogP contribution in [-0.4, -0.2) is 32.5 Å². The molecule has 5 nitrogen and oxygen atoms in total. The Balaban J connectivity index is 1.57. The first kappa shape index (κ1) is 15.7. The van der Waals surface area contributed by atoms with Crippen molar-refractivity contribution in [1.82, 2.24) is 0 Å². The zero-order valence-corrected chi connectivity index (χ0v) is 14.0. The van der Waals surface area contributed by atoms with Crippen LogP contribution < -0.4 is 4.90 Å². The Kier molecular flexibility index (Phi) is 4.15. The summed E-state index contributed by atoms with van der Waals surface area (Å²) in [6.07, 6.45) is 0.174. The van der Waals surface area contributed by atoms with E-state index >= 15 is 0 Å². The Bertz CT molecular complexity index is 887. The van der Waals surface area contributed by atoms with E-state index in [2.05, 4.69) is 12.1 Å². The molecule has 1 aromatic heterocycles. The largest absolute Gasteiger partial charge is 0.461 e. The van der Waals surface area contributed by atoms with Crippen LogP contribution in [0.3, 0.4) is 0 Å². The number of fused-ring (bicyclic) bond motifs is 1. The SMILES string of the molecule is COCC1CN(c2ccc3oc(Cc4ccccc4)cc3c2)C(=O)O1. The minimum absolute atomic E-state index is 0.230. The molecule has 0 bridgehead atoms. The van der Waals surface area contributed by atoms with Crippen molar-refractivity contribution in [2.75, 3.05) is 25.2 Å². The van der Waals surface area contributed by atoms with Crippen LogP contribution in [-0.2, 0) is 15.9 Å². The Morgan fingerprint density at radius 3 is 2.80 bits per heavy atom. The number of furan rings is 1. The van der Waals surface area contributed by atoms with Gasteiger partial charge in [0.2, 0.25) is 0 Å². The van der Waals surface area contributed by atoms with Gasteiger partial charge in [-0.3, -0.25) is 4.90 Å². The molecule has 1 amide bonds. The third-order valence-electron chi connectivity index (χ3n) is 4.31. The average molecular weight is 337 g/mol. The van der Waals surface area contributed by atoms with E-state index < -0.39 is 0 Å². The summed E-state index contributed by atoms with van der Waals surface area (Å²) in [5.74, 6) is 0.902. The summed E-state index contributed by atoms with van der Waals surface area (Å²) in [6.45, 7) is 0.893. The molecule has 5 heteroatoms. The highest BCUT2D eigenvalue weighted by molar-refractivity contribution is 5.93.